The number of rotatable bonds is 10. The topological polar surface area (TPSA) is 173 Å². The molecule has 202 valence electrons. The van der Waals surface area contributed by atoms with Crippen LogP contribution in [0.2, 0.25) is 0 Å². The molecule has 0 aliphatic carbocycles. The predicted molar refractivity (Wildman–Crippen MR) is 143 cm³/mol. The SMILES string of the molecule is C[C@H](NC(=O)c1cc(C(=O)NCc2ccc(F)cc2)ncn1)c1ccc(/C(N)=N/N=NCc2ccncn2)cc1. The van der Waals surface area contributed by atoms with Gasteiger partial charge >= 0.3 is 0 Å². The van der Waals surface area contributed by atoms with Gasteiger partial charge in [0.15, 0.2) is 5.84 Å². The van der Waals surface area contributed by atoms with Gasteiger partial charge in [0.05, 0.1) is 11.7 Å². The fraction of sp³-hybridized carbons (Fsp3) is 0.148. The normalized spacial score (nSPS) is 12.2. The molecule has 1 atom stereocenters. The molecule has 4 aromatic rings. The molecule has 0 aliphatic rings. The van der Waals surface area contributed by atoms with E-state index in [0.29, 0.717) is 11.3 Å². The van der Waals surface area contributed by atoms with Gasteiger partial charge in [-0.25, -0.2) is 24.3 Å². The lowest BCUT2D eigenvalue weighted by Crippen LogP contribution is -2.29. The summed E-state index contributed by atoms with van der Waals surface area (Å²) in [7, 11) is 0. The van der Waals surface area contributed by atoms with Crippen molar-refractivity contribution in [2.75, 3.05) is 0 Å². The minimum absolute atomic E-state index is 0.0308. The van der Waals surface area contributed by atoms with Crippen LogP contribution in [0.1, 0.15) is 56.3 Å². The van der Waals surface area contributed by atoms with Crippen molar-refractivity contribution in [3.63, 3.8) is 0 Å². The fourth-order valence-electron chi connectivity index (χ4n) is 3.43. The Morgan fingerprint density at radius 1 is 0.950 bits per heavy atom. The Morgan fingerprint density at radius 2 is 1.68 bits per heavy atom. The summed E-state index contributed by atoms with van der Waals surface area (Å²) in [5.74, 6) is -1.14. The second-order valence-electron chi connectivity index (χ2n) is 8.49. The van der Waals surface area contributed by atoms with Crippen LogP contribution in [0.3, 0.4) is 0 Å². The quantitative estimate of drug-likeness (QED) is 0.120. The van der Waals surface area contributed by atoms with Crippen LogP contribution in [0.25, 0.3) is 0 Å². The van der Waals surface area contributed by atoms with E-state index < -0.39 is 11.8 Å². The van der Waals surface area contributed by atoms with E-state index in [2.05, 4.69) is 46.0 Å². The van der Waals surface area contributed by atoms with Crippen LogP contribution in [0.5, 0.6) is 0 Å². The first kappa shape index (κ1) is 27.6. The molecule has 4 rings (SSSR count). The number of nitrogens with two attached hydrogens (primary N) is 1. The lowest BCUT2D eigenvalue weighted by atomic mass is 10.1. The van der Waals surface area contributed by atoms with E-state index in [-0.39, 0.29) is 42.2 Å². The molecule has 0 spiro atoms. The lowest BCUT2D eigenvalue weighted by Gasteiger charge is -2.14. The van der Waals surface area contributed by atoms with Gasteiger partial charge in [0.1, 0.15) is 36.4 Å². The van der Waals surface area contributed by atoms with Crippen molar-refractivity contribution < 1.29 is 14.0 Å². The molecule has 2 heterocycles. The van der Waals surface area contributed by atoms with E-state index in [1.807, 2.05) is 6.92 Å². The van der Waals surface area contributed by atoms with E-state index >= 15 is 0 Å². The van der Waals surface area contributed by atoms with Gasteiger partial charge in [0.2, 0.25) is 0 Å². The maximum Gasteiger partial charge on any atom is 0.270 e. The molecule has 0 saturated heterocycles. The number of carbonyl (C=O) groups excluding carboxylic acids is 2. The first-order chi connectivity index (χ1) is 19.4. The largest absolute Gasteiger partial charge is 0.382 e. The van der Waals surface area contributed by atoms with E-state index in [9.17, 15) is 14.0 Å². The monoisotopic (exact) mass is 540 g/mol. The van der Waals surface area contributed by atoms with Gasteiger partial charge in [-0.15, -0.1) is 5.10 Å². The molecule has 2 aromatic heterocycles. The Labute approximate surface area is 228 Å². The molecule has 40 heavy (non-hydrogen) atoms. The van der Waals surface area contributed by atoms with Crippen molar-refractivity contribution in [2.24, 2.45) is 21.2 Å². The summed E-state index contributed by atoms with van der Waals surface area (Å²) in [6, 6.07) is 15.5. The number of benzene rings is 2. The van der Waals surface area contributed by atoms with Gasteiger partial charge in [-0.05, 0) is 41.5 Å². The van der Waals surface area contributed by atoms with Gasteiger partial charge in [-0.2, -0.15) is 5.11 Å². The van der Waals surface area contributed by atoms with Crippen LogP contribution >= 0.6 is 0 Å². The van der Waals surface area contributed by atoms with Crippen molar-refractivity contribution in [1.29, 1.82) is 0 Å². The maximum atomic E-state index is 13.1. The van der Waals surface area contributed by atoms with E-state index in [0.717, 1.165) is 17.5 Å². The van der Waals surface area contributed by atoms with Crippen LogP contribution in [0.4, 0.5) is 4.39 Å². The smallest absolute Gasteiger partial charge is 0.270 e. The molecular weight excluding hydrogens is 515 g/mol. The zero-order valence-electron chi connectivity index (χ0n) is 21.4. The Bertz CT molecular complexity index is 1510. The zero-order valence-corrected chi connectivity index (χ0v) is 21.4. The number of halogens is 1. The molecule has 0 saturated carbocycles. The van der Waals surface area contributed by atoms with Gasteiger partial charge in [-0.3, -0.25) is 9.59 Å². The molecule has 0 unspecified atom stereocenters. The number of carbonyl (C=O) groups is 2. The molecule has 0 bridgehead atoms. The highest BCUT2D eigenvalue weighted by atomic mass is 19.1. The van der Waals surface area contributed by atoms with Crippen molar-refractivity contribution in [2.45, 2.75) is 26.1 Å². The third-order valence-electron chi connectivity index (χ3n) is 5.64. The van der Waals surface area contributed by atoms with E-state index in [1.165, 1.54) is 24.5 Å². The molecule has 13 heteroatoms. The Hall–Kier alpha value is -5.46. The molecule has 0 aliphatic heterocycles. The minimum Gasteiger partial charge on any atom is -0.382 e. The fourth-order valence-corrected chi connectivity index (χ4v) is 3.43. The summed E-state index contributed by atoms with van der Waals surface area (Å²) in [5, 5.41) is 17.1. The predicted octanol–water partition coefficient (Wildman–Crippen LogP) is 3.10. The average molecular weight is 541 g/mol. The maximum absolute atomic E-state index is 13.1. The second-order valence-corrected chi connectivity index (χ2v) is 8.49. The molecule has 2 aromatic carbocycles. The van der Waals surface area contributed by atoms with Gasteiger partial charge in [0, 0.05) is 24.4 Å². The first-order valence-electron chi connectivity index (χ1n) is 12.1. The zero-order chi connectivity index (χ0) is 28.3. The Morgan fingerprint density at radius 3 is 2.38 bits per heavy atom. The summed E-state index contributed by atoms with van der Waals surface area (Å²) in [5.41, 5.74) is 8.93. The number of aromatic nitrogens is 4. The second kappa shape index (κ2) is 13.4. The molecule has 12 nitrogen and oxygen atoms in total. The Kier molecular flexibility index (Phi) is 9.22. The van der Waals surface area contributed by atoms with Crippen LogP contribution in [0.15, 0.2) is 95.0 Å². The first-order valence-corrected chi connectivity index (χ1v) is 12.1. The highest BCUT2D eigenvalue weighted by Crippen LogP contribution is 2.14. The number of nitrogens with zero attached hydrogens (tertiary/aromatic N) is 7. The summed E-state index contributed by atoms with van der Waals surface area (Å²) in [6.07, 6.45) is 4.19. The van der Waals surface area contributed by atoms with Crippen LogP contribution in [-0.2, 0) is 13.1 Å². The number of nitrogens with one attached hydrogen (secondary N) is 2. The van der Waals surface area contributed by atoms with Gasteiger partial charge in [0.25, 0.3) is 11.8 Å². The number of amidine groups is 1. The number of hydrogen-bond acceptors (Lipinski definition) is 8. The van der Waals surface area contributed by atoms with Crippen LogP contribution in [-0.4, -0.2) is 37.6 Å². The van der Waals surface area contributed by atoms with E-state index in [1.54, 1.807) is 48.7 Å². The third kappa shape index (κ3) is 7.77. The Balaban J connectivity index is 1.31. The van der Waals surface area contributed by atoms with E-state index in [4.69, 9.17) is 5.73 Å². The number of amides is 2. The third-order valence-corrected chi connectivity index (χ3v) is 5.64. The molecule has 0 radical (unpaired) electrons. The van der Waals surface area contributed by atoms with Crippen molar-refractivity contribution in [3.8, 4) is 0 Å². The minimum atomic E-state index is -0.489. The molecule has 2 amide bonds. The van der Waals surface area contributed by atoms with Gasteiger partial charge < -0.3 is 16.4 Å². The summed E-state index contributed by atoms with van der Waals surface area (Å²) >= 11 is 0. The highest BCUT2D eigenvalue weighted by Gasteiger charge is 2.16. The van der Waals surface area contributed by atoms with Crippen LogP contribution < -0.4 is 16.4 Å². The van der Waals surface area contributed by atoms with Crippen molar-refractivity contribution >= 4 is 17.6 Å². The van der Waals surface area contributed by atoms with Crippen molar-refractivity contribution in [3.05, 3.63) is 119 Å². The van der Waals surface area contributed by atoms with Gasteiger partial charge in [-0.1, -0.05) is 36.4 Å². The van der Waals surface area contributed by atoms with Crippen molar-refractivity contribution in [1.82, 2.24) is 30.6 Å². The average Bonchev–Trinajstić information content (AvgIpc) is 2.99. The van der Waals surface area contributed by atoms with Crippen LogP contribution in [0, 0.1) is 5.82 Å². The summed E-state index contributed by atoms with van der Waals surface area (Å²) in [6.45, 7) is 2.24. The molecular formula is C27H25FN10O2. The number of hydrogen-bond donors (Lipinski definition) is 3. The molecule has 0 fully saturated rings. The summed E-state index contributed by atoms with van der Waals surface area (Å²) in [4.78, 5) is 41.1. The summed E-state index contributed by atoms with van der Waals surface area (Å²) < 4.78 is 13.1. The molecule has 4 N–H and O–H groups in total. The highest BCUT2D eigenvalue weighted by molar-refractivity contribution is 5.98. The standard InChI is InChI=1S/C27H25FN10O2/c1-17(19-4-6-20(7-5-19)25(29)37-38-35-14-22-10-11-30-15-32-22)36-27(40)24-12-23(33-16-34-24)26(39)31-13-18-2-8-21(28)9-3-18/h2-12,15-17H,13-14H2,1H3,(H,31,39)(H,36,40)(H2,29,35,37)/t17-/m0/s1. The lowest BCUT2D eigenvalue weighted by molar-refractivity contribution is 0.0934.